The zero-order valence-electron chi connectivity index (χ0n) is 5.53. The van der Waals surface area contributed by atoms with Gasteiger partial charge in [-0.3, -0.25) is 4.79 Å². The predicted molar refractivity (Wildman–Crippen MR) is 34.9 cm³/mol. The van der Waals surface area contributed by atoms with Crippen molar-refractivity contribution in [3.8, 4) is 12.3 Å². The van der Waals surface area contributed by atoms with Gasteiger partial charge in [0.05, 0.1) is 6.54 Å². The maximum absolute atomic E-state index is 10.5. The van der Waals surface area contributed by atoms with E-state index in [2.05, 4.69) is 25.9 Å². The van der Waals surface area contributed by atoms with Crippen LogP contribution in [0.25, 0.3) is 0 Å². The summed E-state index contributed by atoms with van der Waals surface area (Å²) < 4.78 is 0. The maximum atomic E-state index is 10.5. The molecule has 11 heavy (non-hydrogen) atoms. The van der Waals surface area contributed by atoms with E-state index in [-0.39, 0.29) is 6.54 Å². The molecule has 0 bridgehead atoms. The highest BCUT2D eigenvalue weighted by Crippen LogP contribution is 1.79. The second-order valence-corrected chi connectivity index (χ2v) is 1.66. The lowest BCUT2D eigenvalue weighted by Crippen LogP contribution is -2.21. The van der Waals surface area contributed by atoms with Crippen LogP contribution in [0, 0.1) is 12.3 Å². The van der Waals surface area contributed by atoms with E-state index in [0.29, 0.717) is 5.82 Å². The molecule has 0 radical (unpaired) electrons. The molecule has 0 saturated carbocycles. The second kappa shape index (κ2) is 3.31. The Bertz CT molecular complexity index is 272. The van der Waals surface area contributed by atoms with Crippen molar-refractivity contribution < 1.29 is 4.79 Å². The molecule has 0 spiro atoms. The molecule has 0 unspecified atom stereocenters. The fourth-order valence-electron chi connectivity index (χ4n) is 0.468. The number of rotatable bonds is 2. The lowest BCUT2D eigenvalue weighted by atomic mass is 10.5. The van der Waals surface area contributed by atoms with Gasteiger partial charge in [-0.05, 0) is 5.92 Å². The minimum Gasteiger partial charge on any atom is -0.338 e. The first kappa shape index (κ1) is 7.21. The number of hydrogen-bond donors (Lipinski definition) is 2. The van der Waals surface area contributed by atoms with Crippen molar-refractivity contribution in [2.75, 3.05) is 0 Å². The van der Waals surface area contributed by atoms with Crippen LogP contribution in [0.4, 0.5) is 0 Å². The molecule has 1 heterocycles. The Morgan fingerprint density at radius 2 is 2.64 bits per heavy atom. The van der Waals surface area contributed by atoms with Crippen molar-refractivity contribution in [1.29, 1.82) is 0 Å². The highest BCUT2D eigenvalue weighted by Gasteiger charge is 1.98. The minimum absolute atomic E-state index is 0.194. The van der Waals surface area contributed by atoms with E-state index < -0.39 is 5.91 Å². The third-order valence-corrected chi connectivity index (χ3v) is 0.927. The number of carbonyl (C=O) groups is 1. The monoisotopic (exact) mass is 151 g/mol. The molecular weight excluding hydrogens is 146 g/mol. The van der Waals surface area contributed by atoms with E-state index >= 15 is 0 Å². The van der Waals surface area contributed by atoms with Gasteiger partial charge in [-0.2, -0.15) is 5.21 Å². The molecule has 2 N–H and O–H groups in total. The molecule has 0 aliphatic rings. The maximum Gasteiger partial charge on any atom is 0.296 e. The lowest BCUT2D eigenvalue weighted by molar-refractivity contribution is -0.115. The van der Waals surface area contributed by atoms with E-state index in [1.165, 1.54) is 0 Å². The highest BCUT2D eigenvalue weighted by molar-refractivity contribution is 5.92. The number of terminal acetylenes is 1. The summed E-state index contributed by atoms with van der Waals surface area (Å²) in [6.07, 6.45) is 4.79. The normalized spacial score (nSPS) is 8.64. The summed E-state index contributed by atoms with van der Waals surface area (Å²) in [6.45, 7) is 0.194. The molecule has 56 valence electrons. The van der Waals surface area contributed by atoms with Crippen molar-refractivity contribution in [2.24, 2.45) is 0 Å². The van der Waals surface area contributed by atoms with Gasteiger partial charge in [-0.15, -0.1) is 16.6 Å². The summed E-state index contributed by atoms with van der Waals surface area (Å²) in [5.41, 5.74) is 0. The molecule has 0 aromatic carbocycles. The van der Waals surface area contributed by atoms with Crippen LogP contribution in [0.1, 0.15) is 5.82 Å². The van der Waals surface area contributed by atoms with Gasteiger partial charge in [-0.25, -0.2) is 0 Å². The smallest absolute Gasteiger partial charge is 0.296 e. The zero-order chi connectivity index (χ0) is 8.10. The number of amides is 1. The Kier molecular flexibility index (Phi) is 2.17. The quantitative estimate of drug-likeness (QED) is 0.501. The van der Waals surface area contributed by atoms with Gasteiger partial charge in [0.1, 0.15) is 0 Å². The average molecular weight is 151 g/mol. The van der Waals surface area contributed by atoms with Crippen LogP contribution in [-0.4, -0.2) is 26.5 Å². The molecule has 6 nitrogen and oxygen atoms in total. The van der Waals surface area contributed by atoms with Crippen molar-refractivity contribution in [1.82, 2.24) is 25.9 Å². The minimum atomic E-state index is -0.491. The van der Waals surface area contributed by atoms with E-state index in [4.69, 9.17) is 6.42 Å². The number of tetrazole rings is 1. The van der Waals surface area contributed by atoms with Crippen molar-refractivity contribution in [3.05, 3.63) is 5.82 Å². The second-order valence-electron chi connectivity index (χ2n) is 1.66. The summed E-state index contributed by atoms with van der Waals surface area (Å²) in [6, 6.07) is 0. The van der Waals surface area contributed by atoms with Gasteiger partial charge in [-0.1, -0.05) is 5.21 Å². The zero-order valence-corrected chi connectivity index (χ0v) is 5.53. The van der Waals surface area contributed by atoms with Crippen LogP contribution < -0.4 is 5.32 Å². The molecule has 0 fully saturated rings. The largest absolute Gasteiger partial charge is 0.338 e. The summed E-state index contributed by atoms with van der Waals surface area (Å²) in [4.78, 5) is 10.5. The van der Waals surface area contributed by atoms with Gasteiger partial charge in [0.15, 0.2) is 5.82 Å². The summed E-state index contributed by atoms with van der Waals surface area (Å²) in [5, 5.41) is 15.1. The third kappa shape index (κ3) is 2.06. The van der Waals surface area contributed by atoms with Gasteiger partial charge < -0.3 is 5.32 Å². The third-order valence-electron chi connectivity index (χ3n) is 0.927. The number of nitrogens with zero attached hydrogens (tertiary/aromatic N) is 3. The van der Waals surface area contributed by atoms with E-state index in [0.717, 1.165) is 0 Å². The van der Waals surface area contributed by atoms with Crippen LogP contribution in [0.5, 0.6) is 0 Å². The van der Waals surface area contributed by atoms with Gasteiger partial charge >= 0.3 is 0 Å². The first-order valence-corrected chi connectivity index (χ1v) is 2.79. The number of hydrogen-bond acceptors (Lipinski definition) is 4. The number of nitrogens with one attached hydrogen (secondary N) is 2. The standard InChI is InChI=1S/C5H5N5O/c1-2-5(11)6-3-4-7-9-10-8-4/h1H,3H2,(H,6,11)(H,7,8,9,10). The lowest BCUT2D eigenvalue weighted by Gasteiger charge is -1.92. The van der Waals surface area contributed by atoms with Crippen LogP contribution in [-0.2, 0) is 11.3 Å². The topological polar surface area (TPSA) is 83.6 Å². The summed E-state index contributed by atoms with van der Waals surface area (Å²) in [5.74, 6) is 1.80. The molecule has 6 heteroatoms. The Hall–Kier alpha value is -1.90. The van der Waals surface area contributed by atoms with Gasteiger partial charge in [0.2, 0.25) is 0 Å². The van der Waals surface area contributed by atoms with Crippen molar-refractivity contribution >= 4 is 5.91 Å². The molecule has 0 aliphatic carbocycles. The predicted octanol–water partition coefficient (Wildman–Crippen LogP) is -1.55. The number of carbonyl (C=O) groups excluding carboxylic acids is 1. The van der Waals surface area contributed by atoms with E-state index in [1.54, 1.807) is 0 Å². The number of aromatic nitrogens is 4. The Balaban J connectivity index is 2.36. The number of H-pyrrole nitrogens is 1. The molecule has 1 amide bonds. The molecule has 1 rings (SSSR count). The van der Waals surface area contributed by atoms with Crippen LogP contribution in [0.2, 0.25) is 0 Å². The van der Waals surface area contributed by atoms with Crippen LogP contribution >= 0.6 is 0 Å². The molecule has 0 saturated heterocycles. The van der Waals surface area contributed by atoms with Crippen molar-refractivity contribution in [2.45, 2.75) is 6.54 Å². The first-order valence-electron chi connectivity index (χ1n) is 2.79. The Morgan fingerprint density at radius 1 is 1.82 bits per heavy atom. The van der Waals surface area contributed by atoms with Gasteiger partial charge in [0, 0.05) is 0 Å². The fraction of sp³-hybridized carbons (Fsp3) is 0.200. The average Bonchev–Trinajstić information content (AvgIpc) is 2.52. The fourth-order valence-corrected chi connectivity index (χ4v) is 0.468. The Labute approximate surface area is 62.4 Å². The molecular formula is C5H5N5O. The van der Waals surface area contributed by atoms with E-state index in [9.17, 15) is 4.79 Å². The van der Waals surface area contributed by atoms with Crippen molar-refractivity contribution in [3.63, 3.8) is 0 Å². The number of aromatic amines is 1. The summed E-state index contributed by atoms with van der Waals surface area (Å²) >= 11 is 0. The molecule has 1 aromatic heterocycles. The van der Waals surface area contributed by atoms with E-state index in [1.807, 2.05) is 5.92 Å². The molecule has 0 atom stereocenters. The van der Waals surface area contributed by atoms with Crippen LogP contribution in [0.15, 0.2) is 0 Å². The highest BCUT2D eigenvalue weighted by atomic mass is 16.1. The molecule has 0 aliphatic heterocycles. The van der Waals surface area contributed by atoms with Gasteiger partial charge in [0.25, 0.3) is 5.91 Å². The van der Waals surface area contributed by atoms with Crippen LogP contribution in [0.3, 0.4) is 0 Å². The Morgan fingerprint density at radius 3 is 3.18 bits per heavy atom. The SMILES string of the molecule is C#CC(=O)NCc1nn[nH]n1. The first-order chi connectivity index (χ1) is 5.33. The summed E-state index contributed by atoms with van der Waals surface area (Å²) in [7, 11) is 0. The molecule has 1 aromatic rings.